The van der Waals surface area contributed by atoms with Crippen LogP contribution in [0.2, 0.25) is 4.31 Å². The van der Waals surface area contributed by atoms with E-state index in [2.05, 4.69) is 37.8 Å². The van der Waals surface area contributed by atoms with Gasteiger partial charge in [0.25, 0.3) is 0 Å². The fourth-order valence-electron chi connectivity index (χ4n) is 2.64. The van der Waals surface area contributed by atoms with Gasteiger partial charge in [-0.1, -0.05) is 0 Å². The normalized spacial score (nSPS) is 31.1. The minimum absolute atomic E-state index is 0.000584. The van der Waals surface area contributed by atoms with Gasteiger partial charge in [0.2, 0.25) is 0 Å². The van der Waals surface area contributed by atoms with Crippen molar-refractivity contribution in [3.63, 3.8) is 0 Å². The van der Waals surface area contributed by atoms with E-state index in [-0.39, 0.29) is 37.9 Å². The molecule has 2 unspecified atom stereocenters. The molecular formula is C16H22O2Se. The van der Waals surface area contributed by atoms with Gasteiger partial charge in [0, 0.05) is 0 Å². The second-order valence-electron chi connectivity index (χ2n) is 5.53. The standard InChI is InChI=1S/C16H22O2Se/c1-12(11-17)13-8-9-16(2,15(18)10-13)19-14-6-4-3-5-7-14/h3-7,13,15,17-18H,1,8-11H2,2H3/t13-,15?,16?/m1/s1. The molecule has 0 bridgehead atoms. The molecule has 0 aliphatic heterocycles. The fraction of sp³-hybridized carbons (Fsp3) is 0.500. The Morgan fingerprint density at radius 1 is 1.42 bits per heavy atom. The van der Waals surface area contributed by atoms with Crippen molar-refractivity contribution < 1.29 is 10.2 Å². The average Bonchev–Trinajstić information content (AvgIpc) is 2.42. The molecule has 1 aromatic rings. The monoisotopic (exact) mass is 326 g/mol. The van der Waals surface area contributed by atoms with Crippen molar-refractivity contribution in [3.8, 4) is 0 Å². The zero-order valence-corrected chi connectivity index (χ0v) is 13.1. The van der Waals surface area contributed by atoms with Crippen molar-refractivity contribution >= 4 is 19.4 Å². The van der Waals surface area contributed by atoms with Crippen molar-refractivity contribution in [2.45, 2.75) is 36.6 Å². The van der Waals surface area contributed by atoms with Crippen LogP contribution in [0.4, 0.5) is 0 Å². The van der Waals surface area contributed by atoms with Crippen LogP contribution in [0, 0.1) is 5.92 Å². The van der Waals surface area contributed by atoms with Crippen molar-refractivity contribution in [2.75, 3.05) is 6.61 Å². The van der Waals surface area contributed by atoms with E-state index in [4.69, 9.17) is 5.11 Å². The summed E-state index contributed by atoms with van der Waals surface area (Å²) in [5.41, 5.74) is 0.869. The summed E-state index contributed by atoms with van der Waals surface area (Å²) in [4.78, 5) is 0. The number of rotatable bonds is 4. The summed E-state index contributed by atoms with van der Waals surface area (Å²) in [6, 6.07) is 10.5. The first kappa shape index (κ1) is 14.8. The van der Waals surface area contributed by atoms with Crippen LogP contribution in [0.25, 0.3) is 0 Å². The van der Waals surface area contributed by atoms with Crippen LogP contribution in [-0.4, -0.2) is 37.9 Å². The number of benzene rings is 1. The molecule has 104 valence electrons. The second-order valence-corrected chi connectivity index (χ2v) is 8.91. The minimum atomic E-state index is -0.297. The molecule has 1 fully saturated rings. The van der Waals surface area contributed by atoms with Gasteiger partial charge in [-0.15, -0.1) is 0 Å². The third-order valence-corrected chi connectivity index (χ3v) is 7.12. The molecule has 0 radical (unpaired) electrons. The second kappa shape index (κ2) is 6.23. The summed E-state index contributed by atoms with van der Waals surface area (Å²) in [6.07, 6.45) is 2.48. The van der Waals surface area contributed by atoms with Gasteiger partial charge in [-0.2, -0.15) is 0 Å². The molecule has 0 saturated heterocycles. The number of hydrogen-bond donors (Lipinski definition) is 2. The van der Waals surface area contributed by atoms with Crippen molar-refractivity contribution in [2.24, 2.45) is 5.92 Å². The molecule has 0 aromatic heterocycles. The first-order chi connectivity index (χ1) is 9.05. The number of aliphatic hydroxyl groups excluding tert-OH is 2. The van der Waals surface area contributed by atoms with Gasteiger partial charge >= 0.3 is 121 Å². The van der Waals surface area contributed by atoms with Gasteiger partial charge in [0.05, 0.1) is 0 Å². The van der Waals surface area contributed by atoms with Crippen LogP contribution in [0.5, 0.6) is 0 Å². The van der Waals surface area contributed by atoms with E-state index >= 15 is 0 Å². The van der Waals surface area contributed by atoms with Gasteiger partial charge in [-0.3, -0.25) is 0 Å². The Hall–Kier alpha value is -0.601. The first-order valence-electron chi connectivity index (χ1n) is 6.76. The van der Waals surface area contributed by atoms with Crippen molar-refractivity contribution in [1.29, 1.82) is 0 Å². The molecule has 2 rings (SSSR count). The van der Waals surface area contributed by atoms with E-state index in [1.165, 1.54) is 4.46 Å². The quantitative estimate of drug-likeness (QED) is 0.656. The molecule has 2 nitrogen and oxygen atoms in total. The molecule has 0 heterocycles. The molecule has 3 heteroatoms. The Labute approximate surface area is 121 Å². The summed E-state index contributed by atoms with van der Waals surface area (Å²) in [5.74, 6) is 0.277. The molecule has 0 amide bonds. The summed E-state index contributed by atoms with van der Waals surface area (Å²) in [7, 11) is 0. The zero-order chi connectivity index (χ0) is 13.9. The Balaban J connectivity index is 2.03. The average molecular weight is 325 g/mol. The van der Waals surface area contributed by atoms with E-state index in [0.717, 1.165) is 24.8 Å². The summed E-state index contributed by atoms with van der Waals surface area (Å²) < 4.78 is 1.34. The van der Waals surface area contributed by atoms with Crippen LogP contribution in [0.15, 0.2) is 42.5 Å². The van der Waals surface area contributed by atoms with Crippen LogP contribution in [0.3, 0.4) is 0 Å². The molecule has 0 spiro atoms. The third kappa shape index (κ3) is 3.49. The van der Waals surface area contributed by atoms with Gasteiger partial charge in [-0.25, -0.2) is 0 Å². The van der Waals surface area contributed by atoms with E-state index in [0.29, 0.717) is 0 Å². The number of aliphatic hydroxyl groups is 2. The molecule has 1 saturated carbocycles. The van der Waals surface area contributed by atoms with Crippen LogP contribution in [-0.2, 0) is 0 Å². The summed E-state index contributed by atoms with van der Waals surface area (Å²) >= 11 is 0.277. The molecular weight excluding hydrogens is 303 g/mol. The van der Waals surface area contributed by atoms with Crippen LogP contribution < -0.4 is 4.46 Å². The topological polar surface area (TPSA) is 40.5 Å². The van der Waals surface area contributed by atoms with Gasteiger partial charge in [-0.05, 0) is 0 Å². The predicted molar refractivity (Wildman–Crippen MR) is 79.8 cm³/mol. The van der Waals surface area contributed by atoms with Gasteiger partial charge in [0.15, 0.2) is 0 Å². The van der Waals surface area contributed by atoms with Crippen molar-refractivity contribution in [3.05, 3.63) is 42.5 Å². The Morgan fingerprint density at radius 3 is 2.68 bits per heavy atom. The molecule has 1 aromatic carbocycles. The third-order valence-electron chi connectivity index (χ3n) is 4.08. The van der Waals surface area contributed by atoms with Crippen LogP contribution >= 0.6 is 0 Å². The zero-order valence-electron chi connectivity index (χ0n) is 11.4. The predicted octanol–water partition coefficient (Wildman–Crippen LogP) is 1.90. The Kier molecular flexibility index (Phi) is 4.86. The maximum atomic E-state index is 10.5. The summed E-state index contributed by atoms with van der Waals surface area (Å²) in [5, 5.41) is 19.7. The number of hydrogen-bond acceptors (Lipinski definition) is 2. The van der Waals surface area contributed by atoms with Crippen molar-refractivity contribution in [1.82, 2.24) is 0 Å². The van der Waals surface area contributed by atoms with E-state index in [1.54, 1.807) is 0 Å². The molecule has 3 atom stereocenters. The SMILES string of the molecule is C=C(CO)[C@@H]1CCC(C)([Se]c2ccccc2)C(O)C1. The molecule has 19 heavy (non-hydrogen) atoms. The molecule has 2 N–H and O–H groups in total. The van der Waals surface area contributed by atoms with E-state index in [1.807, 2.05) is 6.07 Å². The molecule has 1 aliphatic rings. The van der Waals surface area contributed by atoms with Gasteiger partial charge < -0.3 is 0 Å². The molecule has 1 aliphatic carbocycles. The Morgan fingerprint density at radius 2 is 2.11 bits per heavy atom. The fourth-order valence-corrected chi connectivity index (χ4v) is 5.33. The van der Waals surface area contributed by atoms with E-state index < -0.39 is 0 Å². The van der Waals surface area contributed by atoms with E-state index in [9.17, 15) is 5.11 Å². The first-order valence-corrected chi connectivity index (χ1v) is 8.47. The maximum absolute atomic E-state index is 10.5. The van der Waals surface area contributed by atoms with Gasteiger partial charge in [0.1, 0.15) is 0 Å². The summed E-state index contributed by atoms with van der Waals surface area (Å²) in [6.45, 7) is 6.14. The van der Waals surface area contributed by atoms with Crippen LogP contribution in [0.1, 0.15) is 26.2 Å². The Bertz CT molecular complexity index is 432.